The Bertz CT molecular complexity index is 525. The van der Waals surface area contributed by atoms with Crippen LogP contribution in [0.4, 0.5) is 5.82 Å². The highest BCUT2D eigenvalue weighted by Gasteiger charge is 2.25. The van der Waals surface area contributed by atoms with Gasteiger partial charge in [0.15, 0.2) is 5.82 Å². The maximum absolute atomic E-state index is 12.8. The van der Waals surface area contributed by atoms with Crippen LogP contribution in [0.15, 0.2) is 10.6 Å². The molecular weight excluding hydrogens is 306 g/mol. The fraction of sp³-hybridized carbons (Fsp3) is 0.722. The van der Waals surface area contributed by atoms with Crippen molar-refractivity contribution in [1.29, 1.82) is 0 Å². The molecule has 2 amide bonds. The first kappa shape index (κ1) is 20.2. The number of rotatable bonds is 10. The number of carbonyl (C=O) groups is 2. The first-order valence-electron chi connectivity index (χ1n) is 8.89. The molecule has 6 heteroatoms. The fourth-order valence-electron chi connectivity index (χ4n) is 2.67. The summed E-state index contributed by atoms with van der Waals surface area (Å²) in [5, 5.41) is 6.43. The van der Waals surface area contributed by atoms with E-state index in [4.69, 9.17) is 4.52 Å². The molecule has 0 fully saturated rings. The third-order valence-corrected chi connectivity index (χ3v) is 3.88. The van der Waals surface area contributed by atoms with E-state index in [0.717, 1.165) is 25.7 Å². The molecule has 0 radical (unpaired) electrons. The minimum atomic E-state index is -0.248. The average molecular weight is 337 g/mol. The van der Waals surface area contributed by atoms with Crippen molar-refractivity contribution >= 4 is 17.6 Å². The summed E-state index contributed by atoms with van der Waals surface area (Å²) in [6.45, 7) is 10.6. The van der Waals surface area contributed by atoms with Crippen molar-refractivity contribution in [2.75, 3.05) is 18.4 Å². The molecule has 0 saturated carbocycles. The molecule has 1 aromatic rings. The molecule has 1 unspecified atom stereocenters. The number of aromatic nitrogens is 1. The van der Waals surface area contributed by atoms with E-state index in [1.165, 1.54) is 0 Å². The lowest BCUT2D eigenvalue weighted by molar-refractivity contribution is -0.139. The molecular formula is C18H31N3O3. The summed E-state index contributed by atoms with van der Waals surface area (Å²) in [7, 11) is 0. The van der Waals surface area contributed by atoms with Crippen LogP contribution < -0.4 is 5.32 Å². The molecule has 0 aromatic carbocycles. The average Bonchev–Trinajstić information content (AvgIpc) is 2.91. The lowest BCUT2D eigenvalue weighted by Crippen LogP contribution is -2.43. The van der Waals surface area contributed by atoms with Crippen LogP contribution in [0.2, 0.25) is 0 Å². The maximum Gasteiger partial charge on any atom is 0.245 e. The molecule has 0 aliphatic carbocycles. The summed E-state index contributed by atoms with van der Waals surface area (Å²) in [4.78, 5) is 26.8. The third kappa shape index (κ3) is 6.72. The second-order valence-corrected chi connectivity index (χ2v) is 6.73. The standard InChI is InChI=1S/C18H31N3O3/c1-6-8-9-15(7-2)18(23)21(11-13(3)4)12-17(22)19-16-10-14(5)24-20-16/h10,13,15H,6-9,11-12H2,1-5H3,(H,19,20,22). The molecule has 1 aromatic heterocycles. The highest BCUT2D eigenvalue weighted by molar-refractivity contribution is 5.94. The topological polar surface area (TPSA) is 75.4 Å². The van der Waals surface area contributed by atoms with E-state index in [-0.39, 0.29) is 24.3 Å². The van der Waals surface area contributed by atoms with Gasteiger partial charge in [0.25, 0.3) is 0 Å². The van der Waals surface area contributed by atoms with Crippen molar-refractivity contribution in [3.8, 4) is 0 Å². The van der Waals surface area contributed by atoms with Crippen molar-refractivity contribution in [2.45, 2.75) is 60.3 Å². The SMILES string of the molecule is CCCCC(CC)C(=O)N(CC(=O)Nc1cc(C)on1)CC(C)C. The zero-order chi connectivity index (χ0) is 18.1. The van der Waals surface area contributed by atoms with Gasteiger partial charge in [-0.15, -0.1) is 0 Å². The Morgan fingerprint density at radius 3 is 2.54 bits per heavy atom. The smallest absolute Gasteiger partial charge is 0.245 e. The normalized spacial score (nSPS) is 12.2. The zero-order valence-corrected chi connectivity index (χ0v) is 15.6. The molecule has 136 valence electrons. The number of nitrogens with zero attached hydrogens (tertiary/aromatic N) is 2. The van der Waals surface area contributed by atoms with Crippen LogP contribution in [0, 0.1) is 18.8 Å². The van der Waals surface area contributed by atoms with Gasteiger partial charge in [0.1, 0.15) is 5.76 Å². The lowest BCUT2D eigenvalue weighted by Gasteiger charge is -2.28. The molecule has 0 bridgehead atoms. The largest absolute Gasteiger partial charge is 0.360 e. The molecule has 1 N–H and O–H groups in total. The number of nitrogens with one attached hydrogen (secondary N) is 1. The number of carbonyl (C=O) groups excluding carboxylic acids is 2. The van der Waals surface area contributed by atoms with Gasteiger partial charge in [0.2, 0.25) is 11.8 Å². The van der Waals surface area contributed by atoms with Crippen LogP contribution in [0.5, 0.6) is 0 Å². The van der Waals surface area contributed by atoms with Crippen LogP contribution in [0.3, 0.4) is 0 Å². The van der Waals surface area contributed by atoms with Gasteiger partial charge < -0.3 is 14.7 Å². The Morgan fingerprint density at radius 1 is 1.33 bits per heavy atom. The second kappa shape index (κ2) is 10.1. The van der Waals surface area contributed by atoms with E-state index in [0.29, 0.717) is 24.0 Å². The van der Waals surface area contributed by atoms with Crippen LogP contribution in [0.1, 0.15) is 59.1 Å². The van der Waals surface area contributed by atoms with E-state index in [9.17, 15) is 9.59 Å². The highest BCUT2D eigenvalue weighted by atomic mass is 16.5. The number of unbranched alkanes of at least 4 members (excludes halogenated alkanes) is 1. The van der Waals surface area contributed by atoms with Crippen molar-refractivity contribution in [2.24, 2.45) is 11.8 Å². The number of hydrogen-bond acceptors (Lipinski definition) is 4. The van der Waals surface area contributed by atoms with Gasteiger partial charge in [0.05, 0.1) is 6.54 Å². The Labute approximate surface area is 145 Å². The number of amides is 2. The first-order chi connectivity index (χ1) is 11.4. The van der Waals surface area contributed by atoms with Gasteiger partial charge in [-0.2, -0.15) is 0 Å². The molecule has 0 saturated heterocycles. The van der Waals surface area contributed by atoms with Crippen LogP contribution >= 0.6 is 0 Å². The molecule has 1 rings (SSSR count). The fourth-order valence-corrected chi connectivity index (χ4v) is 2.67. The van der Waals surface area contributed by atoms with Gasteiger partial charge in [-0.05, 0) is 25.7 Å². The van der Waals surface area contributed by atoms with Crippen LogP contribution in [-0.4, -0.2) is 35.0 Å². The van der Waals surface area contributed by atoms with Gasteiger partial charge in [-0.3, -0.25) is 9.59 Å². The van der Waals surface area contributed by atoms with Crippen molar-refractivity contribution in [1.82, 2.24) is 10.1 Å². The Kier molecular flexibility index (Phi) is 8.50. The Balaban J connectivity index is 2.72. The van der Waals surface area contributed by atoms with Crippen molar-refractivity contribution in [3.63, 3.8) is 0 Å². The summed E-state index contributed by atoms with van der Waals surface area (Å²) >= 11 is 0. The molecule has 0 aliphatic rings. The van der Waals surface area contributed by atoms with E-state index in [1.54, 1.807) is 17.9 Å². The molecule has 0 aliphatic heterocycles. The summed E-state index contributed by atoms with van der Waals surface area (Å²) in [6.07, 6.45) is 3.78. The predicted molar refractivity (Wildman–Crippen MR) is 94.6 cm³/mol. The molecule has 1 heterocycles. The molecule has 1 atom stereocenters. The van der Waals surface area contributed by atoms with Crippen LogP contribution in [0.25, 0.3) is 0 Å². The van der Waals surface area contributed by atoms with Gasteiger partial charge in [0, 0.05) is 18.5 Å². The van der Waals surface area contributed by atoms with Crippen molar-refractivity contribution < 1.29 is 14.1 Å². The Hall–Kier alpha value is -1.85. The molecule has 0 spiro atoms. The highest BCUT2D eigenvalue weighted by Crippen LogP contribution is 2.17. The van der Waals surface area contributed by atoms with E-state index in [1.807, 2.05) is 20.8 Å². The van der Waals surface area contributed by atoms with E-state index >= 15 is 0 Å². The first-order valence-corrected chi connectivity index (χ1v) is 8.89. The molecule has 24 heavy (non-hydrogen) atoms. The van der Waals surface area contributed by atoms with E-state index in [2.05, 4.69) is 17.4 Å². The Morgan fingerprint density at radius 2 is 2.04 bits per heavy atom. The zero-order valence-electron chi connectivity index (χ0n) is 15.6. The summed E-state index contributed by atoms with van der Waals surface area (Å²) < 4.78 is 4.94. The van der Waals surface area contributed by atoms with Gasteiger partial charge in [-0.1, -0.05) is 45.7 Å². The lowest BCUT2D eigenvalue weighted by atomic mass is 9.97. The minimum Gasteiger partial charge on any atom is -0.360 e. The van der Waals surface area contributed by atoms with E-state index < -0.39 is 0 Å². The summed E-state index contributed by atoms with van der Waals surface area (Å²) in [5.41, 5.74) is 0. The third-order valence-electron chi connectivity index (χ3n) is 3.88. The van der Waals surface area contributed by atoms with Gasteiger partial charge in [-0.25, -0.2) is 0 Å². The number of aryl methyl sites for hydroxylation is 1. The summed E-state index contributed by atoms with van der Waals surface area (Å²) in [5.74, 6) is 1.14. The monoisotopic (exact) mass is 337 g/mol. The van der Waals surface area contributed by atoms with Gasteiger partial charge >= 0.3 is 0 Å². The number of anilines is 1. The maximum atomic E-state index is 12.8. The quantitative estimate of drug-likeness (QED) is 0.707. The molecule has 6 nitrogen and oxygen atoms in total. The summed E-state index contributed by atoms with van der Waals surface area (Å²) in [6, 6.07) is 1.66. The number of hydrogen-bond donors (Lipinski definition) is 1. The van der Waals surface area contributed by atoms with Crippen molar-refractivity contribution in [3.05, 3.63) is 11.8 Å². The predicted octanol–water partition coefficient (Wildman–Crippen LogP) is 3.62. The minimum absolute atomic E-state index is 0.00852. The van der Waals surface area contributed by atoms with Crippen LogP contribution in [-0.2, 0) is 9.59 Å². The second-order valence-electron chi connectivity index (χ2n) is 6.73.